The Bertz CT molecular complexity index is 372. The zero-order valence-corrected chi connectivity index (χ0v) is 12.0. The van der Waals surface area contributed by atoms with Gasteiger partial charge in [0.25, 0.3) is 0 Å². The molecule has 1 fully saturated rings. The second-order valence-electron chi connectivity index (χ2n) is 5.00. The molecule has 94 valence electrons. The van der Waals surface area contributed by atoms with Gasteiger partial charge in [-0.1, -0.05) is 47.3 Å². The minimum atomic E-state index is 0.299. The number of rotatable bonds is 3. The van der Waals surface area contributed by atoms with E-state index < -0.39 is 0 Å². The molecule has 2 nitrogen and oxygen atoms in total. The third kappa shape index (κ3) is 2.90. The molecule has 0 saturated heterocycles. The van der Waals surface area contributed by atoms with E-state index in [1.165, 1.54) is 47.7 Å². The number of hydrazine groups is 1. The summed E-state index contributed by atoms with van der Waals surface area (Å²) in [7, 11) is 0. The lowest BCUT2D eigenvalue weighted by Gasteiger charge is -2.31. The van der Waals surface area contributed by atoms with Gasteiger partial charge in [0, 0.05) is 10.5 Å². The van der Waals surface area contributed by atoms with Gasteiger partial charge in [-0.3, -0.25) is 11.3 Å². The van der Waals surface area contributed by atoms with E-state index in [4.69, 9.17) is 5.84 Å². The van der Waals surface area contributed by atoms with Crippen LogP contribution in [0.1, 0.15) is 49.3 Å². The number of halogens is 1. The fourth-order valence-corrected chi connectivity index (χ4v) is 3.29. The molecule has 3 heteroatoms. The zero-order valence-electron chi connectivity index (χ0n) is 10.4. The first-order valence-electron chi connectivity index (χ1n) is 6.45. The van der Waals surface area contributed by atoms with Crippen molar-refractivity contribution in [3.8, 4) is 0 Å². The molecule has 0 aliphatic heterocycles. The molecular weight excluding hydrogens is 276 g/mol. The van der Waals surface area contributed by atoms with Gasteiger partial charge in [0.05, 0.1) is 0 Å². The van der Waals surface area contributed by atoms with Crippen molar-refractivity contribution in [2.24, 2.45) is 11.8 Å². The van der Waals surface area contributed by atoms with Gasteiger partial charge < -0.3 is 0 Å². The lowest BCUT2D eigenvalue weighted by Crippen LogP contribution is -2.35. The number of hydrogen-bond donors (Lipinski definition) is 2. The molecule has 1 aromatic carbocycles. The van der Waals surface area contributed by atoms with Crippen LogP contribution in [-0.4, -0.2) is 0 Å². The molecule has 0 heterocycles. The number of benzene rings is 1. The van der Waals surface area contributed by atoms with Crippen LogP contribution in [0, 0.1) is 12.8 Å². The van der Waals surface area contributed by atoms with Crippen LogP contribution in [-0.2, 0) is 0 Å². The summed E-state index contributed by atoms with van der Waals surface area (Å²) in [5, 5.41) is 0. The molecule has 1 atom stereocenters. The number of hydrogen-bond acceptors (Lipinski definition) is 2. The maximum atomic E-state index is 5.79. The van der Waals surface area contributed by atoms with Crippen LogP contribution >= 0.6 is 15.9 Å². The van der Waals surface area contributed by atoms with E-state index in [0.717, 1.165) is 0 Å². The van der Waals surface area contributed by atoms with Crippen LogP contribution in [0.15, 0.2) is 22.7 Å². The van der Waals surface area contributed by atoms with Crippen molar-refractivity contribution in [2.45, 2.75) is 45.1 Å². The van der Waals surface area contributed by atoms with E-state index in [2.05, 4.69) is 46.5 Å². The van der Waals surface area contributed by atoms with Gasteiger partial charge in [0.15, 0.2) is 0 Å². The fourth-order valence-electron chi connectivity index (χ4n) is 2.91. The molecule has 0 amide bonds. The Kier molecular flexibility index (Phi) is 4.60. The summed E-state index contributed by atoms with van der Waals surface area (Å²) in [5.74, 6) is 6.47. The number of nitrogens with one attached hydrogen (secondary N) is 1. The zero-order chi connectivity index (χ0) is 12.3. The van der Waals surface area contributed by atoms with Crippen LogP contribution in [0.4, 0.5) is 0 Å². The molecule has 0 aromatic heterocycles. The maximum Gasteiger partial charge on any atom is 0.0491 e. The first-order chi connectivity index (χ1) is 8.24. The third-order valence-electron chi connectivity index (χ3n) is 3.95. The highest BCUT2D eigenvalue weighted by Crippen LogP contribution is 2.36. The standard InChI is InChI=1S/C14H21BrN2/c1-10-12(8-5-9-13(10)15)14(17-16)11-6-3-2-4-7-11/h5,8-9,11,14,17H,2-4,6-7,16H2,1H3. The molecule has 1 aliphatic rings. The predicted octanol–water partition coefficient (Wildman–Crippen LogP) is 3.84. The first-order valence-corrected chi connectivity index (χ1v) is 7.24. The van der Waals surface area contributed by atoms with Crippen LogP contribution in [0.25, 0.3) is 0 Å². The highest BCUT2D eigenvalue weighted by atomic mass is 79.9. The summed E-state index contributed by atoms with van der Waals surface area (Å²) in [6, 6.07) is 6.68. The Morgan fingerprint density at radius 3 is 2.65 bits per heavy atom. The van der Waals surface area contributed by atoms with Crippen molar-refractivity contribution >= 4 is 15.9 Å². The molecule has 0 bridgehead atoms. The predicted molar refractivity (Wildman–Crippen MR) is 75.5 cm³/mol. The van der Waals surface area contributed by atoms with E-state index >= 15 is 0 Å². The second-order valence-corrected chi connectivity index (χ2v) is 5.85. The smallest absolute Gasteiger partial charge is 0.0491 e. The van der Waals surface area contributed by atoms with Gasteiger partial charge in [0.2, 0.25) is 0 Å². The summed E-state index contributed by atoms with van der Waals surface area (Å²) in [6.07, 6.45) is 6.65. The van der Waals surface area contributed by atoms with Gasteiger partial charge in [-0.2, -0.15) is 0 Å². The van der Waals surface area contributed by atoms with Crippen LogP contribution in [0.3, 0.4) is 0 Å². The van der Waals surface area contributed by atoms with Crippen molar-refractivity contribution in [2.75, 3.05) is 0 Å². The van der Waals surface area contributed by atoms with Gasteiger partial charge in [0.1, 0.15) is 0 Å². The summed E-state index contributed by atoms with van der Waals surface area (Å²) in [5.41, 5.74) is 5.68. The Morgan fingerprint density at radius 1 is 1.29 bits per heavy atom. The number of nitrogens with two attached hydrogens (primary N) is 1. The fraction of sp³-hybridized carbons (Fsp3) is 0.571. The van der Waals surface area contributed by atoms with Crippen LogP contribution in [0.2, 0.25) is 0 Å². The highest BCUT2D eigenvalue weighted by molar-refractivity contribution is 9.10. The van der Waals surface area contributed by atoms with E-state index in [1.807, 2.05) is 0 Å². The molecule has 1 saturated carbocycles. The van der Waals surface area contributed by atoms with Crippen molar-refractivity contribution in [3.63, 3.8) is 0 Å². The molecule has 0 radical (unpaired) electrons. The lowest BCUT2D eigenvalue weighted by molar-refractivity contribution is 0.273. The van der Waals surface area contributed by atoms with E-state index in [-0.39, 0.29) is 0 Å². The lowest BCUT2D eigenvalue weighted by atomic mass is 9.80. The van der Waals surface area contributed by atoms with Gasteiger partial charge in [-0.25, -0.2) is 0 Å². The summed E-state index contributed by atoms with van der Waals surface area (Å²) in [4.78, 5) is 0. The van der Waals surface area contributed by atoms with Crippen LogP contribution < -0.4 is 11.3 Å². The minimum Gasteiger partial charge on any atom is -0.271 e. The second kappa shape index (κ2) is 5.98. The molecular formula is C14H21BrN2. The Balaban J connectivity index is 2.24. The van der Waals surface area contributed by atoms with Crippen molar-refractivity contribution in [1.82, 2.24) is 5.43 Å². The topological polar surface area (TPSA) is 38.0 Å². The van der Waals surface area contributed by atoms with Gasteiger partial charge in [-0.15, -0.1) is 0 Å². The highest BCUT2D eigenvalue weighted by Gasteiger charge is 2.25. The molecule has 17 heavy (non-hydrogen) atoms. The summed E-state index contributed by atoms with van der Waals surface area (Å²) < 4.78 is 1.17. The summed E-state index contributed by atoms with van der Waals surface area (Å²) >= 11 is 3.60. The SMILES string of the molecule is Cc1c(Br)cccc1C(NN)C1CCCCC1. The van der Waals surface area contributed by atoms with Crippen molar-refractivity contribution in [3.05, 3.63) is 33.8 Å². The van der Waals surface area contributed by atoms with Crippen LogP contribution in [0.5, 0.6) is 0 Å². The average Bonchev–Trinajstić information content (AvgIpc) is 2.37. The Hall–Kier alpha value is -0.380. The quantitative estimate of drug-likeness (QED) is 0.657. The summed E-state index contributed by atoms with van der Waals surface area (Å²) in [6.45, 7) is 2.16. The molecule has 1 unspecified atom stereocenters. The Labute approximate surface area is 112 Å². The normalized spacial score (nSPS) is 19.2. The Morgan fingerprint density at radius 2 is 2.00 bits per heavy atom. The van der Waals surface area contributed by atoms with Crippen molar-refractivity contribution in [1.29, 1.82) is 0 Å². The first kappa shape index (κ1) is 13.1. The van der Waals surface area contributed by atoms with Crippen molar-refractivity contribution < 1.29 is 0 Å². The van der Waals surface area contributed by atoms with Gasteiger partial charge >= 0.3 is 0 Å². The maximum absolute atomic E-state index is 5.79. The monoisotopic (exact) mass is 296 g/mol. The molecule has 2 rings (SSSR count). The largest absolute Gasteiger partial charge is 0.271 e. The van der Waals surface area contributed by atoms with Gasteiger partial charge in [-0.05, 0) is 42.9 Å². The van der Waals surface area contributed by atoms with E-state index in [1.54, 1.807) is 0 Å². The molecule has 0 spiro atoms. The molecule has 3 N–H and O–H groups in total. The molecule has 1 aromatic rings. The average molecular weight is 297 g/mol. The minimum absolute atomic E-state index is 0.299. The third-order valence-corrected chi connectivity index (χ3v) is 4.80. The van der Waals surface area contributed by atoms with E-state index in [0.29, 0.717) is 12.0 Å². The molecule has 1 aliphatic carbocycles. The van der Waals surface area contributed by atoms with E-state index in [9.17, 15) is 0 Å².